The molecule has 2 aliphatic rings. The minimum absolute atomic E-state index is 0.0295. The normalized spacial score (nSPS) is 21.3. The smallest absolute Gasteiger partial charge is 0.269 e. The van der Waals surface area contributed by atoms with Gasteiger partial charge in [0.05, 0.1) is 0 Å². The van der Waals surface area contributed by atoms with Crippen molar-refractivity contribution in [2.75, 3.05) is 27.2 Å². The standard InChI is InChI=1S/C20H28N4OS/c1-23(2)19(25)17-4-3-16(22-17)13-24(12-15-5-10-26-14-15)18-11-20(18)6-8-21-9-7-20/h3-5,10,14,18,21-22H,6-9,11-13H2,1-2H3. The summed E-state index contributed by atoms with van der Waals surface area (Å²) in [6.07, 6.45) is 3.88. The lowest BCUT2D eigenvalue weighted by atomic mass is 9.93. The fourth-order valence-electron chi connectivity index (χ4n) is 4.31. The Hall–Kier alpha value is -1.63. The molecule has 6 heteroatoms. The highest BCUT2D eigenvalue weighted by Crippen LogP contribution is 2.56. The van der Waals surface area contributed by atoms with Crippen LogP contribution in [0.4, 0.5) is 0 Å². The number of carbonyl (C=O) groups excluding carboxylic acids is 1. The van der Waals surface area contributed by atoms with Crippen LogP contribution in [-0.4, -0.2) is 53.9 Å². The molecule has 0 radical (unpaired) electrons. The highest BCUT2D eigenvalue weighted by atomic mass is 32.1. The van der Waals surface area contributed by atoms with E-state index in [4.69, 9.17) is 0 Å². The Morgan fingerprint density at radius 2 is 2.04 bits per heavy atom. The molecule has 1 saturated heterocycles. The Morgan fingerprint density at radius 3 is 2.73 bits per heavy atom. The second-order valence-electron chi connectivity index (χ2n) is 7.97. The zero-order valence-electron chi connectivity index (χ0n) is 15.6. The van der Waals surface area contributed by atoms with E-state index in [9.17, 15) is 4.79 Å². The number of thiophene rings is 1. The summed E-state index contributed by atoms with van der Waals surface area (Å²) < 4.78 is 0. The van der Waals surface area contributed by atoms with Gasteiger partial charge in [0, 0.05) is 38.9 Å². The van der Waals surface area contributed by atoms with Crippen molar-refractivity contribution in [1.29, 1.82) is 0 Å². The number of aromatic amines is 1. The van der Waals surface area contributed by atoms with Gasteiger partial charge in [-0.05, 0) is 72.3 Å². The summed E-state index contributed by atoms with van der Waals surface area (Å²) in [4.78, 5) is 19.7. The van der Waals surface area contributed by atoms with Gasteiger partial charge >= 0.3 is 0 Å². The molecular weight excluding hydrogens is 344 g/mol. The maximum Gasteiger partial charge on any atom is 0.269 e. The van der Waals surface area contributed by atoms with E-state index in [1.165, 1.54) is 24.8 Å². The van der Waals surface area contributed by atoms with Crippen LogP contribution in [0.5, 0.6) is 0 Å². The predicted molar refractivity (Wildman–Crippen MR) is 105 cm³/mol. The van der Waals surface area contributed by atoms with Crippen molar-refractivity contribution in [3.05, 3.63) is 45.9 Å². The average molecular weight is 373 g/mol. The summed E-state index contributed by atoms with van der Waals surface area (Å²) in [5, 5.41) is 7.90. The number of piperidine rings is 1. The van der Waals surface area contributed by atoms with Crippen molar-refractivity contribution in [1.82, 2.24) is 20.1 Å². The summed E-state index contributed by atoms with van der Waals surface area (Å²) in [6.45, 7) is 4.15. The molecule has 1 spiro atoms. The average Bonchev–Trinajstić information content (AvgIpc) is 3.01. The molecule has 2 N–H and O–H groups in total. The number of carbonyl (C=O) groups is 1. The van der Waals surface area contributed by atoms with Crippen molar-refractivity contribution in [3.63, 3.8) is 0 Å². The first-order valence-electron chi connectivity index (χ1n) is 9.43. The molecule has 0 bridgehead atoms. The van der Waals surface area contributed by atoms with E-state index < -0.39 is 0 Å². The lowest BCUT2D eigenvalue weighted by molar-refractivity contribution is 0.0822. The highest BCUT2D eigenvalue weighted by Gasteiger charge is 2.56. The van der Waals surface area contributed by atoms with Crippen molar-refractivity contribution in [2.45, 2.75) is 38.4 Å². The summed E-state index contributed by atoms with van der Waals surface area (Å²) >= 11 is 1.76. The third-order valence-electron chi connectivity index (χ3n) is 5.91. The molecule has 2 fully saturated rings. The van der Waals surface area contributed by atoms with E-state index in [-0.39, 0.29) is 5.91 Å². The number of amides is 1. The van der Waals surface area contributed by atoms with Gasteiger partial charge in [-0.15, -0.1) is 0 Å². The fourth-order valence-corrected chi connectivity index (χ4v) is 4.97. The maximum absolute atomic E-state index is 12.2. The van der Waals surface area contributed by atoms with Gasteiger partial charge in [0.1, 0.15) is 5.69 Å². The first-order valence-corrected chi connectivity index (χ1v) is 10.4. The number of nitrogens with zero attached hydrogens (tertiary/aromatic N) is 2. The second-order valence-corrected chi connectivity index (χ2v) is 8.75. The molecule has 2 aromatic rings. The molecule has 0 aromatic carbocycles. The van der Waals surface area contributed by atoms with Crippen LogP contribution in [0.15, 0.2) is 29.0 Å². The van der Waals surface area contributed by atoms with Gasteiger partial charge in [-0.3, -0.25) is 9.69 Å². The zero-order chi connectivity index (χ0) is 18.1. The molecule has 26 heavy (non-hydrogen) atoms. The number of hydrogen-bond acceptors (Lipinski definition) is 4. The van der Waals surface area contributed by atoms with Crippen LogP contribution in [0, 0.1) is 5.41 Å². The highest BCUT2D eigenvalue weighted by molar-refractivity contribution is 7.07. The quantitative estimate of drug-likeness (QED) is 0.820. The molecule has 2 aromatic heterocycles. The number of hydrogen-bond donors (Lipinski definition) is 2. The van der Waals surface area contributed by atoms with Crippen molar-refractivity contribution >= 4 is 17.2 Å². The van der Waals surface area contributed by atoms with Crippen molar-refractivity contribution in [2.24, 2.45) is 5.41 Å². The van der Waals surface area contributed by atoms with Crippen LogP contribution in [0.25, 0.3) is 0 Å². The molecule has 1 amide bonds. The first-order chi connectivity index (χ1) is 12.6. The van der Waals surface area contributed by atoms with Crippen LogP contribution in [0.2, 0.25) is 0 Å². The molecule has 1 aliphatic heterocycles. The molecule has 1 atom stereocenters. The minimum Gasteiger partial charge on any atom is -0.353 e. The topological polar surface area (TPSA) is 51.4 Å². The van der Waals surface area contributed by atoms with Gasteiger partial charge in [-0.1, -0.05) is 0 Å². The van der Waals surface area contributed by atoms with E-state index in [0.717, 1.165) is 31.9 Å². The molecular formula is C20H28N4OS. The van der Waals surface area contributed by atoms with Gasteiger partial charge in [0.25, 0.3) is 5.91 Å². The zero-order valence-corrected chi connectivity index (χ0v) is 16.4. The molecule has 1 saturated carbocycles. The van der Waals surface area contributed by atoms with Crippen LogP contribution in [0.3, 0.4) is 0 Å². The van der Waals surface area contributed by atoms with E-state index in [1.807, 2.05) is 6.07 Å². The molecule has 140 valence electrons. The van der Waals surface area contributed by atoms with Crippen LogP contribution in [-0.2, 0) is 13.1 Å². The van der Waals surface area contributed by atoms with Gasteiger partial charge < -0.3 is 15.2 Å². The fraction of sp³-hybridized carbons (Fsp3) is 0.550. The summed E-state index contributed by atoms with van der Waals surface area (Å²) in [6, 6.07) is 6.86. The summed E-state index contributed by atoms with van der Waals surface area (Å²) in [5.74, 6) is 0.0295. The number of aromatic nitrogens is 1. The maximum atomic E-state index is 12.2. The third-order valence-corrected chi connectivity index (χ3v) is 6.64. The van der Waals surface area contributed by atoms with Gasteiger partial charge in [0.2, 0.25) is 0 Å². The third kappa shape index (κ3) is 3.59. The molecule has 3 heterocycles. The van der Waals surface area contributed by atoms with Gasteiger partial charge in [-0.25, -0.2) is 0 Å². The Bertz CT molecular complexity index is 746. The van der Waals surface area contributed by atoms with Crippen LogP contribution >= 0.6 is 11.3 Å². The number of H-pyrrole nitrogens is 1. The Morgan fingerprint density at radius 1 is 1.23 bits per heavy atom. The Labute approximate surface area is 159 Å². The molecule has 5 nitrogen and oxygen atoms in total. The minimum atomic E-state index is 0.0295. The molecule has 1 aliphatic carbocycles. The Kier molecular flexibility index (Phi) is 4.90. The molecule has 4 rings (SSSR count). The van der Waals surface area contributed by atoms with Gasteiger partial charge in [-0.2, -0.15) is 11.3 Å². The molecule has 1 unspecified atom stereocenters. The van der Waals surface area contributed by atoms with Crippen molar-refractivity contribution < 1.29 is 4.79 Å². The second kappa shape index (κ2) is 7.18. The van der Waals surface area contributed by atoms with E-state index >= 15 is 0 Å². The number of nitrogens with one attached hydrogen (secondary N) is 2. The van der Waals surface area contributed by atoms with Crippen LogP contribution < -0.4 is 5.32 Å². The van der Waals surface area contributed by atoms with E-state index in [0.29, 0.717) is 17.2 Å². The largest absolute Gasteiger partial charge is 0.353 e. The van der Waals surface area contributed by atoms with Crippen LogP contribution in [0.1, 0.15) is 41.0 Å². The summed E-state index contributed by atoms with van der Waals surface area (Å²) in [7, 11) is 3.58. The van der Waals surface area contributed by atoms with E-state index in [1.54, 1.807) is 30.3 Å². The lowest BCUT2D eigenvalue weighted by Gasteiger charge is -2.29. The Balaban J connectivity index is 1.49. The summed E-state index contributed by atoms with van der Waals surface area (Å²) in [5.41, 5.74) is 3.70. The van der Waals surface area contributed by atoms with Crippen molar-refractivity contribution in [3.8, 4) is 0 Å². The van der Waals surface area contributed by atoms with E-state index in [2.05, 4.69) is 38.1 Å². The SMILES string of the molecule is CN(C)C(=O)c1ccc(CN(Cc2ccsc2)C2CC23CCNCC3)[nH]1. The number of rotatable bonds is 6. The first kappa shape index (κ1) is 17.8. The monoisotopic (exact) mass is 372 g/mol. The predicted octanol–water partition coefficient (Wildman–Crippen LogP) is 2.92. The lowest BCUT2D eigenvalue weighted by Crippen LogP contribution is -2.35. The van der Waals surface area contributed by atoms with Gasteiger partial charge in [0.15, 0.2) is 0 Å².